The molecule has 0 radical (unpaired) electrons. The predicted molar refractivity (Wildman–Crippen MR) is 140 cm³/mol. The Morgan fingerprint density at radius 2 is 1.76 bits per heavy atom. The van der Waals surface area contributed by atoms with Crippen molar-refractivity contribution in [2.24, 2.45) is 0 Å². The molecule has 0 aliphatic heterocycles. The molecule has 0 fully saturated rings. The molecule has 1 heterocycles. The Bertz CT molecular complexity index is 1360. The summed E-state index contributed by atoms with van der Waals surface area (Å²) in [7, 11) is 0. The van der Waals surface area contributed by atoms with Gasteiger partial charge in [-0.2, -0.15) is 0 Å². The molecule has 0 atom stereocenters. The zero-order chi connectivity index (χ0) is 23.9. The van der Waals surface area contributed by atoms with Gasteiger partial charge in [-0.1, -0.05) is 77.4 Å². The zero-order valence-corrected chi connectivity index (χ0v) is 20.7. The molecule has 34 heavy (non-hydrogen) atoms. The van der Waals surface area contributed by atoms with E-state index in [1.54, 1.807) is 24.3 Å². The molecule has 4 rings (SSSR count). The molecule has 3 aromatic carbocycles. The number of para-hydroxylation sites is 1. The van der Waals surface area contributed by atoms with Crippen LogP contribution in [0.2, 0.25) is 10.0 Å². The van der Waals surface area contributed by atoms with Crippen LogP contribution >= 0.6 is 35.0 Å². The van der Waals surface area contributed by atoms with Crippen LogP contribution in [-0.4, -0.2) is 27.8 Å². The SMILES string of the molecule is O=C(CCCSc1nc2ccccc2c(=O)n1-c1ccc(Cl)cc1Cl)NCCc1ccccc1. The Hall–Kier alpha value is -2.80. The van der Waals surface area contributed by atoms with E-state index in [9.17, 15) is 9.59 Å². The molecule has 8 heteroatoms. The first kappa shape index (κ1) is 24.3. The summed E-state index contributed by atoms with van der Waals surface area (Å²) in [5.41, 5.74) is 2.14. The third-order valence-corrected chi connectivity index (χ3v) is 6.82. The van der Waals surface area contributed by atoms with E-state index in [0.29, 0.717) is 56.9 Å². The summed E-state index contributed by atoms with van der Waals surface area (Å²) in [4.78, 5) is 30.2. The van der Waals surface area contributed by atoms with Crippen molar-refractivity contribution in [1.29, 1.82) is 0 Å². The number of carbonyl (C=O) groups excluding carboxylic acids is 1. The van der Waals surface area contributed by atoms with Gasteiger partial charge in [0.2, 0.25) is 5.91 Å². The summed E-state index contributed by atoms with van der Waals surface area (Å²) in [5.74, 6) is 0.642. The molecule has 0 aliphatic carbocycles. The minimum Gasteiger partial charge on any atom is -0.356 e. The number of benzene rings is 3. The number of hydrogen-bond donors (Lipinski definition) is 1. The van der Waals surface area contributed by atoms with Gasteiger partial charge in [0.05, 0.1) is 21.6 Å². The summed E-state index contributed by atoms with van der Waals surface area (Å²) in [5, 5.41) is 4.86. The van der Waals surface area contributed by atoms with Crippen molar-refractivity contribution in [3.8, 4) is 5.69 Å². The smallest absolute Gasteiger partial charge is 0.266 e. The van der Waals surface area contributed by atoms with Crippen LogP contribution in [-0.2, 0) is 11.2 Å². The molecule has 174 valence electrons. The summed E-state index contributed by atoms with van der Waals surface area (Å²) < 4.78 is 1.52. The molecule has 1 aromatic heterocycles. The third-order valence-electron chi connectivity index (χ3n) is 5.25. The third kappa shape index (κ3) is 6.00. The summed E-state index contributed by atoms with van der Waals surface area (Å²) >= 11 is 13.9. The maximum atomic E-state index is 13.3. The Labute approximate surface area is 212 Å². The van der Waals surface area contributed by atoms with Gasteiger partial charge in [0.1, 0.15) is 0 Å². The Kier molecular flexibility index (Phi) is 8.27. The highest BCUT2D eigenvalue weighted by Gasteiger charge is 2.16. The quantitative estimate of drug-likeness (QED) is 0.172. The zero-order valence-electron chi connectivity index (χ0n) is 18.3. The van der Waals surface area contributed by atoms with Gasteiger partial charge in [-0.3, -0.25) is 14.2 Å². The van der Waals surface area contributed by atoms with Gasteiger partial charge in [-0.25, -0.2) is 4.98 Å². The van der Waals surface area contributed by atoms with E-state index in [1.165, 1.54) is 21.9 Å². The van der Waals surface area contributed by atoms with Crippen LogP contribution in [0.4, 0.5) is 0 Å². The topological polar surface area (TPSA) is 64.0 Å². The van der Waals surface area contributed by atoms with Gasteiger partial charge in [0.25, 0.3) is 5.56 Å². The van der Waals surface area contributed by atoms with Crippen LogP contribution in [0.15, 0.2) is 82.7 Å². The van der Waals surface area contributed by atoms with Crippen LogP contribution in [0.25, 0.3) is 16.6 Å². The number of nitrogens with one attached hydrogen (secondary N) is 1. The normalized spacial score (nSPS) is 11.0. The largest absolute Gasteiger partial charge is 0.356 e. The molecule has 1 amide bonds. The monoisotopic (exact) mass is 511 g/mol. The molecule has 0 bridgehead atoms. The fourth-order valence-corrected chi connectivity index (χ4v) is 5.00. The summed E-state index contributed by atoms with van der Waals surface area (Å²) in [6, 6.07) is 22.3. The maximum absolute atomic E-state index is 13.3. The average molecular weight is 512 g/mol. The fourth-order valence-electron chi connectivity index (χ4n) is 3.56. The van der Waals surface area contributed by atoms with Crippen molar-refractivity contribution in [2.75, 3.05) is 12.3 Å². The molecule has 4 aromatic rings. The number of fused-ring (bicyclic) bond motifs is 1. The van der Waals surface area contributed by atoms with Crippen molar-refractivity contribution in [2.45, 2.75) is 24.4 Å². The average Bonchev–Trinajstić information content (AvgIpc) is 2.83. The maximum Gasteiger partial charge on any atom is 0.266 e. The Balaban J connectivity index is 1.43. The van der Waals surface area contributed by atoms with E-state index in [-0.39, 0.29) is 11.5 Å². The Morgan fingerprint density at radius 1 is 1.00 bits per heavy atom. The lowest BCUT2D eigenvalue weighted by molar-refractivity contribution is -0.121. The highest BCUT2D eigenvalue weighted by Crippen LogP contribution is 2.28. The molecule has 5 nitrogen and oxygen atoms in total. The van der Waals surface area contributed by atoms with Gasteiger partial charge in [0, 0.05) is 23.7 Å². The molecule has 1 N–H and O–H groups in total. The second-order valence-corrected chi connectivity index (χ2v) is 9.59. The van der Waals surface area contributed by atoms with E-state index in [4.69, 9.17) is 28.2 Å². The first-order chi connectivity index (χ1) is 16.5. The van der Waals surface area contributed by atoms with Crippen molar-refractivity contribution in [3.63, 3.8) is 0 Å². The highest BCUT2D eigenvalue weighted by molar-refractivity contribution is 7.99. The van der Waals surface area contributed by atoms with Crippen LogP contribution in [0.1, 0.15) is 18.4 Å². The standard InChI is InChI=1S/C26H23Cl2N3O2S/c27-19-12-13-23(21(28)17-19)31-25(33)20-9-4-5-10-22(20)30-26(31)34-16-6-11-24(32)29-15-14-18-7-2-1-3-8-18/h1-5,7-10,12-13,17H,6,11,14-16H2,(H,29,32). The molecule has 0 saturated heterocycles. The number of hydrogen-bond acceptors (Lipinski definition) is 4. The fraction of sp³-hybridized carbons (Fsp3) is 0.192. The van der Waals surface area contributed by atoms with Gasteiger partial charge in [0.15, 0.2) is 5.16 Å². The van der Waals surface area contributed by atoms with E-state index in [1.807, 2.05) is 48.5 Å². The van der Waals surface area contributed by atoms with Gasteiger partial charge in [-0.15, -0.1) is 0 Å². The molecule has 0 unspecified atom stereocenters. The lowest BCUT2D eigenvalue weighted by Crippen LogP contribution is -2.25. The van der Waals surface area contributed by atoms with Crippen LogP contribution in [0.5, 0.6) is 0 Å². The van der Waals surface area contributed by atoms with Crippen molar-refractivity contribution >= 4 is 51.8 Å². The molecular weight excluding hydrogens is 489 g/mol. The number of carbonyl (C=O) groups is 1. The van der Waals surface area contributed by atoms with E-state index in [0.717, 1.165) is 6.42 Å². The van der Waals surface area contributed by atoms with E-state index in [2.05, 4.69) is 5.32 Å². The minimum absolute atomic E-state index is 0.0149. The predicted octanol–water partition coefficient (Wildman–Crippen LogP) is 5.92. The number of thioether (sulfide) groups is 1. The van der Waals surface area contributed by atoms with E-state index >= 15 is 0 Å². The minimum atomic E-state index is -0.198. The van der Waals surface area contributed by atoms with Crippen molar-refractivity contribution in [3.05, 3.63) is 98.8 Å². The van der Waals surface area contributed by atoms with Crippen LogP contribution < -0.4 is 10.9 Å². The molecule has 0 aliphatic rings. The second kappa shape index (κ2) is 11.6. The number of rotatable bonds is 9. The van der Waals surface area contributed by atoms with Crippen molar-refractivity contribution in [1.82, 2.24) is 14.9 Å². The first-order valence-electron chi connectivity index (χ1n) is 10.9. The van der Waals surface area contributed by atoms with E-state index < -0.39 is 0 Å². The van der Waals surface area contributed by atoms with Crippen molar-refractivity contribution < 1.29 is 4.79 Å². The van der Waals surface area contributed by atoms with Crippen LogP contribution in [0, 0.1) is 0 Å². The van der Waals surface area contributed by atoms with Gasteiger partial charge in [-0.05, 0) is 48.7 Å². The van der Waals surface area contributed by atoms with Gasteiger partial charge < -0.3 is 5.32 Å². The highest BCUT2D eigenvalue weighted by atomic mass is 35.5. The number of halogens is 2. The summed E-state index contributed by atoms with van der Waals surface area (Å²) in [6.45, 7) is 0.608. The molecule has 0 saturated carbocycles. The van der Waals surface area contributed by atoms with Crippen LogP contribution in [0.3, 0.4) is 0 Å². The molecular formula is C26H23Cl2N3O2S. The second-order valence-electron chi connectivity index (χ2n) is 7.69. The number of aromatic nitrogens is 2. The molecule has 0 spiro atoms. The lowest BCUT2D eigenvalue weighted by Gasteiger charge is -2.14. The summed E-state index contributed by atoms with van der Waals surface area (Å²) in [6.07, 6.45) is 1.86. The Morgan fingerprint density at radius 3 is 2.56 bits per heavy atom. The van der Waals surface area contributed by atoms with Gasteiger partial charge >= 0.3 is 0 Å². The lowest BCUT2D eigenvalue weighted by atomic mass is 10.1. The number of amides is 1. The first-order valence-corrected chi connectivity index (χ1v) is 12.7. The number of nitrogens with zero attached hydrogens (tertiary/aromatic N) is 2.